The van der Waals surface area contributed by atoms with Crippen molar-refractivity contribution >= 4 is 65.1 Å². The number of nitrogens with two attached hydrogens (primary N) is 1. The molecule has 33 nitrogen and oxygen atoms in total. The third kappa shape index (κ3) is 22.2. The van der Waals surface area contributed by atoms with Crippen LogP contribution in [0.3, 0.4) is 0 Å². The number of thioether (sulfide) groups is 1. The molecule has 3 aliphatic heterocycles. The number of carbonyl (C=O) groups is 9. The van der Waals surface area contributed by atoms with E-state index in [1.807, 2.05) is 11.8 Å². The zero-order chi connectivity index (χ0) is 61.3. The number of aromatic amines is 2. The molecule has 1 unspecified atom stereocenters. The van der Waals surface area contributed by atoms with E-state index in [0.29, 0.717) is 42.4 Å². The van der Waals surface area contributed by atoms with Crippen molar-refractivity contribution in [2.45, 2.75) is 157 Å². The first kappa shape index (κ1) is 66.8. The highest BCUT2D eigenvalue weighted by atomic mass is 32.2. The van der Waals surface area contributed by atoms with Crippen LogP contribution in [0.2, 0.25) is 0 Å². The molecule has 85 heavy (non-hydrogen) atoms. The predicted molar refractivity (Wildman–Crippen MR) is 300 cm³/mol. The number of carbonyl (C=O) groups excluding carboxylic acids is 9. The monoisotopic (exact) mass is 1220 g/mol. The van der Waals surface area contributed by atoms with E-state index in [1.165, 1.54) is 49.8 Å². The first-order valence-electron chi connectivity index (χ1n) is 28.2. The number of hydrogen-bond donors (Lipinski definition) is 16. The van der Waals surface area contributed by atoms with Crippen LogP contribution in [-0.2, 0) is 78.4 Å². The number of aromatic nitrogens is 7. The molecule has 0 radical (unpaired) electrons. The molecule has 3 aliphatic rings. The van der Waals surface area contributed by atoms with Crippen LogP contribution in [0.4, 0.5) is 4.79 Å². The Balaban J connectivity index is 1.05. The van der Waals surface area contributed by atoms with Crippen LogP contribution < -0.4 is 58.9 Å². The van der Waals surface area contributed by atoms with Gasteiger partial charge in [0, 0.05) is 79.8 Å². The van der Waals surface area contributed by atoms with E-state index < -0.39 is 109 Å². The molecule has 0 spiro atoms. The van der Waals surface area contributed by atoms with Gasteiger partial charge < -0.3 is 93.1 Å². The fraction of sp³-hybridized carbons (Fsp3) is 0.667. The molecule has 17 N–H and O–H groups in total. The Morgan fingerprint density at radius 1 is 0.812 bits per heavy atom. The van der Waals surface area contributed by atoms with Crippen LogP contribution in [-0.4, -0.2) is 234 Å². The normalized spacial score (nSPS) is 26.2. The summed E-state index contributed by atoms with van der Waals surface area (Å²) in [6.45, 7) is 2.42. The van der Waals surface area contributed by atoms with Gasteiger partial charge in [-0.25, -0.2) is 14.8 Å². The van der Waals surface area contributed by atoms with Crippen molar-refractivity contribution < 1.29 is 72.7 Å². The fourth-order valence-electron chi connectivity index (χ4n) is 9.46. The highest BCUT2D eigenvalue weighted by Crippen LogP contribution is 2.33. The Kier molecular flexibility index (Phi) is 27.2. The van der Waals surface area contributed by atoms with Crippen molar-refractivity contribution in [3.8, 4) is 0 Å². The summed E-state index contributed by atoms with van der Waals surface area (Å²) in [4.78, 5) is 133. The second kappa shape index (κ2) is 34.6. The summed E-state index contributed by atoms with van der Waals surface area (Å²) in [6.07, 6.45) is 6.77. The van der Waals surface area contributed by atoms with E-state index in [0.717, 1.165) is 25.0 Å². The van der Waals surface area contributed by atoms with Gasteiger partial charge in [-0.1, -0.05) is 11.6 Å². The molecule has 3 aromatic rings. The number of hydrogen-bond acceptors (Lipinski definition) is 21. The summed E-state index contributed by atoms with van der Waals surface area (Å²) in [5.41, 5.74) is 6.63. The van der Waals surface area contributed by atoms with E-state index >= 15 is 0 Å². The minimum Gasteiger partial charge on any atom is -0.394 e. The number of H-pyrrole nitrogens is 2. The molecule has 470 valence electrons. The van der Waals surface area contributed by atoms with Gasteiger partial charge in [0.2, 0.25) is 47.3 Å². The Morgan fingerprint density at radius 3 is 2.20 bits per heavy atom. The minimum absolute atomic E-state index is 0.0166. The molecule has 12 atom stereocenters. The van der Waals surface area contributed by atoms with Crippen molar-refractivity contribution in [3.63, 3.8) is 0 Å². The summed E-state index contributed by atoms with van der Waals surface area (Å²) >= 11 is 1.84. The van der Waals surface area contributed by atoms with Crippen molar-refractivity contribution in [1.29, 1.82) is 0 Å². The number of aliphatic hydroxyl groups excluding tert-OH is 3. The van der Waals surface area contributed by atoms with Crippen LogP contribution >= 0.6 is 11.8 Å². The van der Waals surface area contributed by atoms with Crippen LogP contribution in [0.15, 0.2) is 31.2 Å². The van der Waals surface area contributed by atoms with E-state index in [2.05, 4.69) is 83.4 Å². The summed E-state index contributed by atoms with van der Waals surface area (Å²) in [5, 5.41) is 68.0. The first-order valence-corrected chi connectivity index (χ1v) is 29.3. The maximum atomic E-state index is 14.3. The molecule has 2 fully saturated rings. The van der Waals surface area contributed by atoms with E-state index in [9.17, 15) is 58.5 Å². The Labute approximate surface area is 493 Å². The number of aliphatic hydroxyl groups is 3. The van der Waals surface area contributed by atoms with Gasteiger partial charge in [0.15, 0.2) is 0 Å². The van der Waals surface area contributed by atoms with Gasteiger partial charge in [0.1, 0.15) is 49.1 Å². The van der Waals surface area contributed by atoms with Crippen molar-refractivity contribution in [1.82, 2.24) is 88.1 Å². The third-order valence-corrected chi connectivity index (χ3v) is 15.6. The van der Waals surface area contributed by atoms with Gasteiger partial charge in [-0.2, -0.15) is 11.8 Å². The predicted octanol–water partition coefficient (Wildman–Crippen LogP) is -6.11. The summed E-state index contributed by atoms with van der Waals surface area (Å²) < 4.78 is 18.1. The lowest BCUT2D eigenvalue weighted by atomic mass is 10.0. The number of amides is 10. The second-order valence-corrected chi connectivity index (χ2v) is 22.1. The maximum Gasteiger partial charge on any atom is 0.315 e. The molecule has 2 saturated heterocycles. The molecule has 2 bridgehead atoms. The summed E-state index contributed by atoms with van der Waals surface area (Å²) in [5.74, 6) is -5.35. The molecule has 0 aliphatic carbocycles. The number of nitrogens with zero attached hydrogens (tertiary/aromatic N) is 5. The van der Waals surface area contributed by atoms with Crippen molar-refractivity contribution in [2.24, 2.45) is 5.73 Å². The first-order chi connectivity index (χ1) is 40.9. The number of primary amides is 1. The number of ether oxygens (including phenoxy) is 3. The standard InChI is InChI=1S/C51H80N18O15S/c1-28-45(75)60-33(44(52)74)7-5-6-11-69-22-32(67-68-69)19-34(59-41(73)24-84-16-15-83-14-13-82-12-10-55-40(72)9-4-3-8-39-43-38(25-85-39)64-51(81)66-43)46(76)61-35(17-30-20-53-26-56-30)47(77)63-37(23-70)49(79)62-36(18-31-21-54-27-57-31)48(78)65-42(29(2)71)50(80)58-28/h20-22,26-29,33-39,42-43,48,65,70-71,78H,3-19,23-25H2,1-2H3,(H2,52,74)(H,53,56)(H,54,57)(H,55,72)(H,58,80)(H,59,73)(H,60,75)(H,61,76)(H,62,79)(H,63,77)(H2,64,66,81)/t28-,29+,33+,34+,35-,36-,37-,38+,39+,42-,43+,48?/m1/s1. The quantitative estimate of drug-likeness (QED) is 0.0293. The number of rotatable bonds is 24. The average Bonchev–Trinajstić information content (AvgIpc) is 4.54. The third-order valence-electron chi connectivity index (χ3n) is 14.1. The Morgan fingerprint density at radius 2 is 1.51 bits per heavy atom. The molecule has 10 amide bonds. The zero-order valence-corrected chi connectivity index (χ0v) is 48.2. The molecule has 0 saturated carbocycles. The number of imidazole rings is 2. The van der Waals surface area contributed by atoms with Crippen LogP contribution in [0, 0.1) is 0 Å². The van der Waals surface area contributed by atoms with Gasteiger partial charge in [-0.15, -0.1) is 5.10 Å². The fourth-order valence-corrected chi connectivity index (χ4v) is 11.0. The van der Waals surface area contributed by atoms with Crippen LogP contribution in [0.25, 0.3) is 0 Å². The zero-order valence-electron chi connectivity index (χ0n) is 47.4. The number of unbranched alkanes of at least 4 members (excludes halogenated alkanes) is 1. The van der Waals surface area contributed by atoms with E-state index in [4.69, 9.17) is 19.9 Å². The van der Waals surface area contributed by atoms with Gasteiger partial charge in [-0.05, 0) is 46.0 Å². The number of nitrogens with one attached hydrogen (secondary N) is 12. The van der Waals surface area contributed by atoms with E-state index in [-0.39, 0.29) is 95.0 Å². The van der Waals surface area contributed by atoms with Crippen molar-refractivity contribution in [3.05, 3.63) is 48.3 Å². The summed E-state index contributed by atoms with van der Waals surface area (Å²) in [6, 6.07) is -9.81. The van der Waals surface area contributed by atoms with Gasteiger partial charge in [0.05, 0.1) is 82.2 Å². The molecule has 6 rings (SSSR count). The second-order valence-electron chi connectivity index (χ2n) is 20.8. The van der Waals surface area contributed by atoms with Gasteiger partial charge >= 0.3 is 6.03 Å². The summed E-state index contributed by atoms with van der Waals surface area (Å²) in [7, 11) is 0. The SMILES string of the molecule is C[C@H](O)[C@H]1NC(O)[C@@H](Cc2cnc[nH]2)NC(=O)[C@@H](CO)NC(=O)[C@@H](Cc2cnc[nH]2)NC(=O)[C@@H](NC(=O)COCCOCCOCCNC(=O)CCCC[C@@H]2SC[C@@H]3NC(=O)N[C@@H]32)Cc2cn(nn2)CCCC[C@@H](C(N)=O)NC(=O)[C@@H](C)NC1=O. The highest BCUT2D eigenvalue weighted by molar-refractivity contribution is 8.00. The lowest BCUT2D eigenvalue weighted by molar-refractivity contribution is -0.135. The van der Waals surface area contributed by atoms with Gasteiger partial charge in [-0.3, -0.25) is 48.4 Å². The van der Waals surface area contributed by atoms with Gasteiger partial charge in [0.25, 0.3) is 0 Å². The maximum absolute atomic E-state index is 14.3. The molecule has 34 heteroatoms. The molecule has 0 aromatic carbocycles. The molecular weight excluding hydrogens is 1140 g/mol. The minimum atomic E-state index is -1.83. The lowest BCUT2D eigenvalue weighted by Crippen LogP contribution is -2.63. The lowest BCUT2D eigenvalue weighted by Gasteiger charge is -2.31. The van der Waals surface area contributed by atoms with Crippen LogP contribution in [0.1, 0.15) is 75.9 Å². The van der Waals surface area contributed by atoms with E-state index in [1.54, 1.807) is 0 Å². The number of aryl methyl sites for hydroxylation is 1. The Bertz CT molecular complexity index is 2630. The largest absolute Gasteiger partial charge is 0.394 e. The number of fused-ring (bicyclic) bond motifs is 3. The van der Waals surface area contributed by atoms with Crippen molar-refractivity contribution in [2.75, 3.05) is 58.5 Å². The topological polar surface area (TPSA) is 476 Å². The van der Waals surface area contributed by atoms with Crippen LogP contribution in [0.5, 0.6) is 0 Å². The Hall–Kier alpha value is -7.34. The molecule has 3 aromatic heterocycles. The average molecular weight is 1220 g/mol. The highest BCUT2D eigenvalue weighted by Gasteiger charge is 2.43. The molecule has 6 heterocycles. The smallest absolute Gasteiger partial charge is 0.315 e. The molecular formula is C51H80N18O15S. The number of urea groups is 1.